The first-order valence-electron chi connectivity index (χ1n) is 13.7. The average Bonchev–Trinajstić information content (AvgIpc) is 3.46. The van der Waals surface area contributed by atoms with Crippen LogP contribution in [0.25, 0.3) is 9.40 Å². The average molecular weight is 616 g/mol. The number of likely N-dealkylation sites (tertiary alicyclic amines) is 1. The van der Waals surface area contributed by atoms with Gasteiger partial charge in [0.1, 0.15) is 11.6 Å². The van der Waals surface area contributed by atoms with Crippen LogP contribution in [0.4, 0.5) is 4.79 Å². The van der Waals surface area contributed by atoms with E-state index in [0.717, 1.165) is 35.1 Å². The molecule has 224 valence electrons. The Bertz CT molecular complexity index is 1240. The Morgan fingerprint density at radius 3 is 2.40 bits per heavy atom. The first-order valence-corrected chi connectivity index (χ1v) is 16.9. The maximum Gasteiger partial charge on any atom is 0.410 e. The van der Waals surface area contributed by atoms with E-state index in [9.17, 15) is 22.8 Å². The summed E-state index contributed by atoms with van der Waals surface area (Å²) in [5.41, 5.74) is -0.486. The zero-order valence-electron chi connectivity index (χ0n) is 23.9. The summed E-state index contributed by atoms with van der Waals surface area (Å²) < 4.78 is 39.1. The van der Waals surface area contributed by atoms with Crippen molar-refractivity contribution in [3.05, 3.63) is 21.9 Å². The van der Waals surface area contributed by atoms with Crippen molar-refractivity contribution in [2.24, 2.45) is 5.92 Å². The summed E-state index contributed by atoms with van der Waals surface area (Å²) in [7, 11) is -2.50. The number of sulfonamides is 1. The number of esters is 1. The van der Waals surface area contributed by atoms with Crippen molar-refractivity contribution in [2.75, 3.05) is 32.5 Å². The number of fused-ring (bicyclic) bond motifs is 1. The second kappa shape index (κ2) is 14.1. The van der Waals surface area contributed by atoms with Crippen molar-refractivity contribution < 1.29 is 32.3 Å². The molecule has 0 spiro atoms. The molecule has 0 bridgehead atoms. The number of unbranched alkanes of at least 4 members (excludes halogenated alkanes) is 1. The fourth-order valence-corrected chi connectivity index (χ4v) is 8.16. The lowest BCUT2D eigenvalue weighted by Crippen LogP contribution is -2.49. The predicted molar refractivity (Wildman–Crippen MR) is 159 cm³/mol. The van der Waals surface area contributed by atoms with Gasteiger partial charge in [-0.3, -0.25) is 9.59 Å². The van der Waals surface area contributed by atoms with Gasteiger partial charge in [0.25, 0.3) is 5.91 Å². The Labute approximate surface area is 244 Å². The third-order valence-corrected chi connectivity index (χ3v) is 10.4. The van der Waals surface area contributed by atoms with Gasteiger partial charge in [-0.15, -0.1) is 22.7 Å². The van der Waals surface area contributed by atoms with E-state index in [0.29, 0.717) is 36.7 Å². The standard InChI is InChI=1S/C27H41N3O7S3/c1-6-7-14-40(34,35)29-20(25(32)36-5)17-28-24(31)23-16-22-21(39-23)15-19(38-22)9-8-18-10-12-30(13-11-18)26(33)37-27(2,3)4/h15-16,18,20,29H,6-14,17H2,1-5H3,(H,28,31)/t20-/m0/s1. The van der Waals surface area contributed by atoms with Crippen LogP contribution in [0.2, 0.25) is 0 Å². The number of ether oxygens (including phenoxy) is 2. The highest BCUT2D eigenvalue weighted by Gasteiger charge is 2.28. The zero-order valence-corrected chi connectivity index (χ0v) is 26.4. The van der Waals surface area contributed by atoms with E-state index in [2.05, 4.69) is 16.1 Å². The van der Waals surface area contributed by atoms with Crippen LogP contribution in [0.1, 0.15) is 74.3 Å². The number of piperidine rings is 1. The number of nitrogens with zero attached hydrogens (tertiary/aromatic N) is 1. The van der Waals surface area contributed by atoms with E-state index in [1.807, 2.05) is 33.8 Å². The van der Waals surface area contributed by atoms with Crippen molar-refractivity contribution in [3.8, 4) is 0 Å². The molecular formula is C27H41N3O7S3. The van der Waals surface area contributed by atoms with Crippen molar-refractivity contribution in [1.82, 2.24) is 14.9 Å². The van der Waals surface area contributed by atoms with Gasteiger partial charge in [-0.1, -0.05) is 13.3 Å². The molecular weight excluding hydrogens is 575 g/mol. The maximum atomic E-state index is 12.8. The summed E-state index contributed by atoms with van der Waals surface area (Å²) in [6.07, 6.45) is 4.85. The minimum atomic E-state index is -3.67. The van der Waals surface area contributed by atoms with Gasteiger partial charge in [0.15, 0.2) is 0 Å². The van der Waals surface area contributed by atoms with Crippen LogP contribution in [0, 0.1) is 5.92 Å². The molecule has 0 radical (unpaired) electrons. The van der Waals surface area contributed by atoms with Crippen LogP contribution in [0.3, 0.4) is 0 Å². The molecule has 1 aliphatic heterocycles. The Morgan fingerprint density at radius 1 is 1.12 bits per heavy atom. The number of aryl methyl sites for hydroxylation is 1. The highest BCUT2D eigenvalue weighted by Crippen LogP contribution is 2.35. The topological polar surface area (TPSA) is 131 Å². The number of hydrogen-bond acceptors (Lipinski definition) is 9. The van der Waals surface area contributed by atoms with Gasteiger partial charge in [-0.2, -0.15) is 4.72 Å². The lowest BCUT2D eigenvalue weighted by Gasteiger charge is -2.33. The van der Waals surface area contributed by atoms with Gasteiger partial charge in [0.2, 0.25) is 10.0 Å². The first kappa shape index (κ1) is 32.3. The van der Waals surface area contributed by atoms with Crippen molar-refractivity contribution in [1.29, 1.82) is 0 Å². The number of rotatable bonds is 12. The number of hydrogen-bond donors (Lipinski definition) is 2. The minimum Gasteiger partial charge on any atom is -0.468 e. The molecule has 1 fully saturated rings. The normalized spacial score (nSPS) is 15.7. The van der Waals surface area contributed by atoms with Gasteiger partial charge in [-0.25, -0.2) is 13.2 Å². The van der Waals surface area contributed by atoms with E-state index in [1.165, 1.54) is 23.3 Å². The molecule has 2 amide bonds. The third-order valence-electron chi connectivity index (χ3n) is 6.59. The second-order valence-electron chi connectivity index (χ2n) is 11.1. The summed E-state index contributed by atoms with van der Waals surface area (Å²) in [6, 6.07) is 2.76. The van der Waals surface area contributed by atoms with Crippen LogP contribution in [-0.2, 0) is 30.7 Å². The van der Waals surface area contributed by atoms with Crippen molar-refractivity contribution in [2.45, 2.75) is 77.9 Å². The molecule has 10 nitrogen and oxygen atoms in total. The second-order valence-corrected chi connectivity index (χ2v) is 15.2. The Balaban J connectivity index is 1.49. The minimum absolute atomic E-state index is 0.0975. The molecule has 1 saturated heterocycles. The summed E-state index contributed by atoms with van der Waals surface area (Å²) in [6.45, 7) is 8.73. The number of carbonyl (C=O) groups excluding carboxylic acids is 3. The van der Waals surface area contributed by atoms with Crippen LogP contribution < -0.4 is 10.0 Å². The number of thiophene rings is 2. The molecule has 2 N–H and O–H groups in total. The van der Waals surface area contributed by atoms with Gasteiger partial charge in [0, 0.05) is 33.9 Å². The summed E-state index contributed by atoms with van der Waals surface area (Å²) >= 11 is 3.04. The number of nitrogens with one attached hydrogen (secondary N) is 2. The molecule has 2 aromatic rings. The maximum absolute atomic E-state index is 12.8. The predicted octanol–water partition coefficient (Wildman–Crippen LogP) is 4.53. The lowest BCUT2D eigenvalue weighted by molar-refractivity contribution is -0.142. The van der Waals surface area contributed by atoms with Crippen LogP contribution >= 0.6 is 22.7 Å². The van der Waals surface area contributed by atoms with E-state index in [-0.39, 0.29) is 24.3 Å². The molecule has 3 rings (SSSR count). The van der Waals surface area contributed by atoms with Crippen molar-refractivity contribution >= 4 is 60.1 Å². The van der Waals surface area contributed by atoms with Gasteiger partial charge in [0.05, 0.1) is 17.7 Å². The van der Waals surface area contributed by atoms with E-state index in [1.54, 1.807) is 16.2 Å². The molecule has 1 atom stereocenters. The lowest BCUT2D eigenvalue weighted by atomic mass is 9.92. The first-order chi connectivity index (χ1) is 18.8. The molecule has 3 heterocycles. The molecule has 2 aromatic heterocycles. The van der Waals surface area contributed by atoms with E-state index < -0.39 is 27.6 Å². The summed E-state index contributed by atoms with van der Waals surface area (Å²) in [5.74, 6) is -0.664. The number of carbonyl (C=O) groups is 3. The largest absolute Gasteiger partial charge is 0.468 e. The number of methoxy groups -OCH3 is 1. The van der Waals surface area contributed by atoms with E-state index >= 15 is 0 Å². The quantitative estimate of drug-likeness (QED) is 0.336. The molecule has 0 aromatic carbocycles. The molecule has 0 unspecified atom stereocenters. The molecule has 13 heteroatoms. The van der Waals surface area contributed by atoms with Crippen LogP contribution in [-0.4, -0.2) is 75.4 Å². The fourth-order valence-electron chi connectivity index (χ4n) is 4.41. The SMILES string of the molecule is CCCCS(=O)(=O)N[C@@H](CNC(=O)c1cc2sc(CCC3CCN(C(=O)OC(C)(C)C)CC3)cc2s1)C(=O)OC. The Hall–Kier alpha value is -2.22. The molecule has 1 aliphatic rings. The Morgan fingerprint density at radius 2 is 1.80 bits per heavy atom. The molecule has 0 aliphatic carbocycles. The highest BCUT2D eigenvalue weighted by molar-refractivity contribution is 7.89. The summed E-state index contributed by atoms with van der Waals surface area (Å²) in [4.78, 5) is 40.7. The Kier molecular flexibility index (Phi) is 11.4. The smallest absolute Gasteiger partial charge is 0.410 e. The van der Waals surface area contributed by atoms with Crippen LogP contribution in [0.5, 0.6) is 0 Å². The summed E-state index contributed by atoms with van der Waals surface area (Å²) in [5, 5.41) is 2.66. The monoisotopic (exact) mass is 615 g/mol. The third kappa shape index (κ3) is 9.71. The fraction of sp³-hybridized carbons (Fsp3) is 0.667. The van der Waals surface area contributed by atoms with Crippen LogP contribution in [0.15, 0.2) is 12.1 Å². The molecule has 0 saturated carbocycles. The number of amides is 2. The van der Waals surface area contributed by atoms with Gasteiger partial charge in [-0.05, 0) is 70.9 Å². The van der Waals surface area contributed by atoms with Gasteiger partial charge < -0.3 is 19.7 Å². The molecule has 40 heavy (non-hydrogen) atoms. The zero-order chi connectivity index (χ0) is 29.5. The van der Waals surface area contributed by atoms with Gasteiger partial charge >= 0.3 is 12.1 Å². The van der Waals surface area contributed by atoms with E-state index in [4.69, 9.17) is 9.47 Å². The highest BCUT2D eigenvalue weighted by atomic mass is 32.2. The van der Waals surface area contributed by atoms with Crippen molar-refractivity contribution in [3.63, 3.8) is 0 Å².